The minimum Gasteiger partial charge on any atom is -0.478 e. The van der Waals surface area contributed by atoms with E-state index < -0.39 is 23.5 Å². The fourth-order valence-electron chi connectivity index (χ4n) is 2.75. The number of halogens is 4. The molecule has 2 heterocycles. The van der Waals surface area contributed by atoms with Gasteiger partial charge in [0.05, 0.1) is 22.5 Å². The van der Waals surface area contributed by atoms with Crippen LogP contribution in [0.3, 0.4) is 0 Å². The highest BCUT2D eigenvalue weighted by atomic mass is 19.4. The molecular formula is C18H14F4N4O2. The third-order valence-electron chi connectivity index (χ3n) is 4.04. The van der Waals surface area contributed by atoms with Gasteiger partial charge in [0.25, 0.3) is 0 Å². The molecule has 0 atom stereocenters. The highest BCUT2D eigenvalue weighted by Gasteiger charge is 2.31. The number of carboxylic acids is 1. The molecule has 0 aliphatic heterocycles. The number of alkyl halides is 3. The van der Waals surface area contributed by atoms with Crippen molar-refractivity contribution in [2.24, 2.45) is 7.05 Å². The predicted octanol–water partition coefficient (Wildman–Crippen LogP) is 3.63. The maximum atomic E-state index is 13.6. The van der Waals surface area contributed by atoms with Gasteiger partial charge in [0.15, 0.2) is 5.82 Å². The Morgan fingerprint density at radius 1 is 1.21 bits per heavy atom. The summed E-state index contributed by atoms with van der Waals surface area (Å²) in [4.78, 5) is 19.2. The molecule has 0 spiro atoms. The van der Waals surface area contributed by atoms with Gasteiger partial charge in [-0.1, -0.05) is 0 Å². The van der Waals surface area contributed by atoms with Gasteiger partial charge in [0, 0.05) is 19.7 Å². The molecule has 1 aromatic carbocycles. The molecule has 146 valence electrons. The molecule has 0 aliphatic carbocycles. The fourth-order valence-corrected chi connectivity index (χ4v) is 2.75. The lowest BCUT2D eigenvalue weighted by Gasteiger charge is -2.08. The zero-order valence-corrected chi connectivity index (χ0v) is 14.8. The number of carbonyl (C=O) groups is 1. The van der Waals surface area contributed by atoms with E-state index >= 15 is 0 Å². The van der Waals surface area contributed by atoms with E-state index in [1.807, 2.05) is 0 Å². The van der Waals surface area contributed by atoms with Gasteiger partial charge in [-0.2, -0.15) is 18.3 Å². The molecule has 0 saturated carbocycles. The molecule has 0 radical (unpaired) electrons. The van der Waals surface area contributed by atoms with Crippen molar-refractivity contribution in [3.63, 3.8) is 0 Å². The Morgan fingerprint density at radius 3 is 2.54 bits per heavy atom. The van der Waals surface area contributed by atoms with Crippen molar-refractivity contribution in [2.75, 3.05) is 0 Å². The molecule has 10 heteroatoms. The van der Waals surface area contributed by atoms with E-state index in [9.17, 15) is 22.4 Å². The predicted molar refractivity (Wildman–Crippen MR) is 90.1 cm³/mol. The van der Waals surface area contributed by atoms with E-state index in [0.717, 1.165) is 12.1 Å². The Labute approximate surface area is 156 Å². The van der Waals surface area contributed by atoms with E-state index in [0.29, 0.717) is 17.5 Å². The second-order valence-corrected chi connectivity index (χ2v) is 6.17. The molecule has 0 amide bonds. The number of hydrogen-bond acceptors (Lipinski definition) is 4. The Hall–Kier alpha value is -3.30. The first-order chi connectivity index (χ1) is 13.0. The van der Waals surface area contributed by atoms with Crippen LogP contribution in [0.25, 0.3) is 11.5 Å². The minimum atomic E-state index is -4.65. The quantitative estimate of drug-likeness (QED) is 0.684. The van der Waals surface area contributed by atoms with Crippen LogP contribution in [0.1, 0.15) is 32.9 Å². The normalized spacial score (nSPS) is 11.6. The standard InChI is InChI=1S/C18H14F4N4O2/c1-9-14(17(27)28)8-23-16(24-9)15-7-13(25-26(15)2)5-10-3-11(18(20,21)22)6-12(19)4-10/h3-4,6-8H,5H2,1-2H3,(H,27,28). The number of benzene rings is 1. The van der Waals surface area contributed by atoms with Gasteiger partial charge in [0.1, 0.15) is 11.5 Å². The lowest BCUT2D eigenvalue weighted by Crippen LogP contribution is -2.06. The summed E-state index contributed by atoms with van der Waals surface area (Å²) in [5, 5.41) is 13.3. The van der Waals surface area contributed by atoms with Crippen LogP contribution in [0.15, 0.2) is 30.5 Å². The molecule has 2 aromatic heterocycles. The summed E-state index contributed by atoms with van der Waals surface area (Å²) in [7, 11) is 1.59. The molecule has 3 rings (SSSR count). The van der Waals surface area contributed by atoms with Gasteiger partial charge in [-0.3, -0.25) is 4.68 Å². The van der Waals surface area contributed by atoms with Crippen molar-refractivity contribution in [3.05, 3.63) is 64.4 Å². The molecule has 0 unspecified atom stereocenters. The summed E-state index contributed by atoms with van der Waals surface area (Å²) in [6.07, 6.45) is -3.50. The molecule has 28 heavy (non-hydrogen) atoms. The Kier molecular flexibility index (Phi) is 4.88. The van der Waals surface area contributed by atoms with Crippen LogP contribution < -0.4 is 0 Å². The first kappa shape index (κ1) is 19.5. The average Bonchev–Trinajstić information content (AvgIpc) is 2.93. The van der Waals surface area contributed by atoms with E-state index in [4.69, 9.17) is 5.11 Å². The summed E-state index contributed by atoms with van der Waals surface area (Å²) in [6.45, 7) is 1.53. The van der Waals surface area contributed by atoms with Gasteiger partial charge in [-0.25, -0.2) is 19.2 Å². The number of hydrogen-bond donors (Lipinski definition) is 1. The van der Waals surface area contributed by atoms with E-state index in [-0.39, 0.29) is 29.1 Å². The molecule has 0 bridgehead atoms. The molecule has 0 saturated heterocycles. The van der Waals surface area contributed by atoms with Crippen molar-refractivity contribution >= 4 is 5.97 Å². The van der Waals surface area contributed by atoms with E-state index in [1.165, 1.54) is 17.8 Å². The van der Waals surface area contributed by atoms with Crippen molar-refractivity contribution in [3.8, 4) is 11.5 Å². The lowest BCUT2D eigenvalue weighted by atomic mass is 10.1. The molecular weight excluding hydrogens is 380 g/mol. The van der Waals surface area contributed by atoms with Crippen molar-refractivity contribution in [1.29, 1.82) is 0 Å². The Bertz CT molecular complexity index is 1060. The fraction of sp³-hybridized carbons (Fsp3) is 0.222. The summed E-state index contributed by atoms with van der Waals surface area (Å²) >= 11 is 0. The minimum absolute atomic E-state index is 0.0269. The maximum absolute atomic E-state index is 13.6. The zero-order valence-electron chi connectivity index (χ0n) is 14.8. The van der Waals surface area contributed by atoms with Crippen LogP contribution in [-0.4, -0.2) is 30.8 Å². The van der Waals surface area contributed by atoms with Crippen LogP contribution in [-0.2, 0) is 19.6 Å². The summed E-state index contributed by atoms with van der Waals surface area (Å²) in [5.74, 6) is -1.91. The van der Waals surface area contributed by atoms with Gasteiger partial charge >= 0.3 is 12.1 Å². The SMILES string of the molecule is Cc1nc(-c2cc(Cc3cc(F)cc(C(F)(F)F)c3)nn2C)ncc1C(=O)O. The van der Waals surface area contributed by atoms with Gasteiger partial charge in [0.2, 0.25) is 0 Å². The first-order valence-electron chi connectivity index (χ1n) is 8.01. The molecule has 6 nitrogen and oxygen atoms in total. The van der Waals surface area contributed by atoms with Gasteiger partial charge in [-0.15, -0.1) is 0 Å². The number of aromatic nitrogens is 4. The van der Waals surface area contributed by atoms with Crippen LogP contribution in [0.2, 0.25) is 0 Å². The van der Waals surface area contributed by atoms with Crippen LogP contribution in [0.4, 0.5) is 17.6 Å². The highest BCUT2D eigenvalue weighted by Crippen LogP contribution is 2.31. The number of rotatable bonds is 4. The van der Waals surface area contributed by atoms with Crippen molar-refractivity contribution in [1.82, 2.24) is 19.7 Å². The Balaban J connectivity index is 1.92. The number of nitrogens with zero attached hydrogens (tertiary/aromatic N) is 4. The smallest absolute Gasteiger partial charge is 0.416 e. The van der Waals surface area contributed by atoms with Crippen molar-refractivity contribution < 1.29 is 27.5 Å². The second-order valence-electron chi connectivity index (χ2n) is 6.17. The summed E-state index contributed by atoms with van der Waals surface area (Å²) in [5.41, 5.74) is 0.116. The van der Waals surface area contributed by atoms with E-state index in [1.54, 1.807) is 13.1 Å². The molecule has 3 aromatic rings. The van der Waals surface area contributed by atoms with Crippen LogP contribution in [0.5, 0.6) is 0 Å². The van der Waals surface area contributed by atoms with Crippen molar-refractivity contribution in [2.45, 2.75) is 19.5 Å². The molecule has 0 aliphatic rings. The lowest BCUT2D eigenvalue weighted by molar-refractivity contribution is -0.137. The number of carboxylic acid groups (broad SMARTS) is 1. The largest absolute Gasteiger partial charge is 0.478 e. The molecule has 1 N–H and O–H groups in total. The van der Waals surface area contributed by atoms with Crippen LogP contribution >= 0.6 is 0 Å². The Morgan fingerprint density at radius 2 is 1.93 bits per heavy atom. The topological polar surface area (TPSA) is 80.9 Å². The summed E-state index contributed by atoms with van der Waals surface area (Å²) < 4.78 is 53.6. The van der Waals surface area contributed by atoms with Gasteiger partial charge < -0.3 is 5.11 Å². The molecule has 0 fully saturated rings. The van der Waals surface area contributed by atoms with E-state index in [2.05, 4.69) is 15.1 Å². The third-order valence-corrected chi connectivity index (χ3v) is 4.04. The third kappa shape index (κ3) is 4.00. The maximum Gasteiger partial charge on any atom is 0.416 e. The zero-order chi connectivity index (χ0) is 20.6. The van der Waals surface area contributed by atoms with Gasteiger partial charge in [-0.05, 0) is 36.8 Å². The number of aromatic carboxylic acids is 1. The summed E-state index contributed by atoms with van der Waals surface area (Å²) in [6, 6.07) is 3.90. The number of aryl methyl sites for hydroxylation is 2. The highest BCUT2D eigenvalue weighted by molar-refractivity contribution is 5.88. The average molecular weight is 394 g/mol. The second kappa shape index (κ2) is 7.02. The monoisotopic (exact) mass is 394 g/mol. The first-order valence-corrected chi connectivity index (χ1v) is 8.01. The van der Waals surface area contributed by atoms with Crippen LogP contribution in [0, 0.1) is 12.7 Å².